The molecule has 0 radical (unpaired) electrons. The van der Waals surface area contributed by atoms with E-state index in [4.69, 9.17) is 23.7 Å². The number of methoxy groups -OCH3 is 1. The number of carbonyl (C=O) groups excluding carboxylic acids is 1. The van der Waals surface area contributed by atoms with Gasteiger partial charge in [-0.25, -0.2) is 8.78 Å². The molecule has 2 aromatic carbocycles. The Balaban J connectivity index is 1.48. The molecular formula is C27H30F2N2O6. The molecule has 2 fully saturated rings. The molecule has 10 heteroatoms. The molecule has 0 bridgehead atoms. The number of ether oxygens (including phenoxy) is 5. The van der Waals surface area contributed by atoms with E-state index in [2.05, 4.69) is 11.4 Å². The molecule has 1 saturated carbocycles. The van der Waals surface area contributed by atoms with Crippen molar-refractivity contribution in [2.45, 2.75) is 70.4 Å². The summed E-state index contributed by atoms with van der Waals surface area (Å²) in [6, 6.07) is 8.95. The molecular weight excluding hydrogens is 486 g/mol. The van der Waals surface area contributed by atoms with Crippen molar-refractivity contribution >= 4 is 5.91 Å². The minimum absolute atomic E-state index is 0.0100. The maximum Gasteiger partial charge on any atom is 0.254 e. The number of amides is 1. The van der Waals surface area contributed by atoms with Gasteiger partial charge >= 0.3 is 0 Å². The molecule has 198 valence electrons. The summed E-state index contributed by atoms with van der Waals surface area (Å²) >= 11 is 0. The van der Waals surface area contributed by atoms with Crippen molar-refractivity contribution in [1.29, 1.82) is 5.26 Å². The largest absolute Gasteiger partial charge is 0.497 e. The van der Waals surface area contributed by atoms with Crippen LogP contribution in [-0.2, 0) is 25.5 Å². The van der Waals surface area contributed by atoms with Crippen LogP contribution in [0.25, 0.3) is 0 Å². The first-order chi connectivity index (χ1) is 17.6. The number of halogens is 2. The highest BCUT2D eigenvalue weighted by Gasteiger charge is 2.48. The van der Waals surface area contributed by atoms with Crippen LogP contribution >= 0.6 is 0 Å². The maximum atomic E-state index is 14.7. The van der Waals surface area contributed by atoms with E-state index in [0.29, 0.717) is 29.7 Å². The highest BCUT2D eigenvalue weighted by Crippen LogP contribution is 2.40. The van der Waals surface area contributed by atoms with E-state index < -0.39 is 35.0 Å². The highest BCUT2D eigenvalue weighted by molar-refractivity contribution is 5.82. The number of rotatable bonds is 9. The Morgan fingerprint density at radius 1 is 1.19 bits per heavy atom. The third kappa shape index (κ3) is 6.01. The smallest absolute Gasteiger partial charge is 0.254 e. The second-order valence-corrected chi connectivity index (χ2v) is 9.42. The number of hydrogen-bond donors (Lipinski definition) is 1. The number of nitriles is 1. The molecule has 4 atom stereocenters. The van der Waals surface area contributed by atoms with Gasteiger partial charge in [0.1, 0.15) is 29.2 Å². The Labute approximate surface area is 214 Å². The number of nitrogens with one attached hydrogen (secondary N) is 1. The summed E-state index contributed by atoms with van der Waals surface area (Å²) in [5, 5.41) is 12.0. The maximum absolute atomic E-state index is 14.7. The zero-order valence-electron chi connectivity index (χ0n) is 21.2. The van der Waals surface area contributed by atoms with Crippen molar-refractivity contribution in [1.82, 2.24) is 5.32 Å². The van der Waals surface area contributed by atoms with Crippen molar-refractivity contribution in [3.8, 4) is 17.6 Å². The van der Waals surface area contributed by atoms with Gasteiger partial charge in [-0.3, -0.25) is 4.79 Å². The molecule has 2 aromatic rings. The molecule has 1 aliphatic carbocycles. The monoisotopic (exact) mass is 516 g/mol. The molecule has 0 spiro atoms. The Bertz CT molecular complexity index is 1160. The number of benzene rings is 2. The quantitative estimate of drug-likeness (QED) is 0.531. The third-order valence-electron chi connectivity index (χ3n) is 6.34. The molecule has 1 amide bonds. The highest BCUT2D eigenvalue weighted by atomic mass is 19.1. The van der Waals surface area contributed by atoms with Gasteiger partial charge in [-0.1, -0.05) is 6.07 Å². The van der Waals surface area contributed by atoms with E-state index >= 15 is 0 Å². The number of carbonyl (C=O) groups is 1. The van der Waals surface area contributed by atoms with Gasteiger partial charge in [-0.2, -0.15) is 5.26 Å². The number of nitrogens with zero attached hydrogens (tertiary/aromatic N) is 1. The first-order valence-electron chi connectivity index (χ1n) is 12.1. The van der Waals surface area contributed by atoms with E-state index in [1.54, 1.807) is 25.1 Å². The summed E-state index contributed by atoms with van der Waals surface area (Å²) in [5.74, 6) is -2.84. The van der Waals surface area contributed by atoms with Crippen LogP contribution in [-0.4, -0.2) is 43.7 Å². The van der Waals surface area contributed by atoms with Gasteiger partial charge < -0.3 is 29.0 Å². The molecule has 1 N–H and O–H groups in total. The third-order valence-corrected chi connectivity index (χ3v) is 6.34. The van der Waals surface area contributed by atoms with Gasteiger partial charge in [0, 0.05) is 43.7 Å². The Morgan fingerprint density at radius 2 is 1.84 bits per heavy atom. The lowest BCUT2D eigenvalue weighted by atomic mass is 10.1. The molecule has 1 saturated heterocycles. The van der Waals surface area contributed by atoms with Crippen molar-refractivity contribution in [2.24, 2.45) is 0 Å². The Morgan fingerprint density at radius 3 is 2.41 bits per heavy atom. The van der Waals surface area contributed by atoms with Gasteiger partial charge in [0.2, 0.25) is 0 Å². The van der Waals surface area contributed by atoms with E-state index in [1.165, 1.54) is 7.11 Å². The molecule has 2 unspecified atom stereocenters. The van der Waals surface area contributed by atoms with Gasteiger partial charge in [-0.05, 0) is 32.9 Å². The van der Waals surface area contributed by atoms with Crippen LogP contribution in [0.5, 0.6) is 11.5 Å². The minimum atomic E-state index is -1.51. The normalized spacial score (nSPS) is 22.7. The van der Waals surface area contributed by atoms with Crippen molar-refractivity contribution in [2.75, 3.05) is 13.7 Å². The van der Waals surface area contributed by atoms with Gasteiger partial charge in [0.05, 0.1) is 36.5 Å². The topological polar surface area (TPSA) is 99.0 Å². The summed E-state index contributed by atoms with van der Waals surface area (Å²) in [6.45, 7) is 5.41. The fourth-order valence-electron chi connectivity index (χ4n) is 4.74. The Hall–Kier alpha value is -3.26. The van der Waals surface area contributed by atoms with Crippen LogP contribution in [0.4, 0.5) is 8.78 Å². The predicted octanol–water partition coefficient (Wildman–Crippen LogP) is 4.30. The second-order valence-electron chi connectivity index (χ2n) is 9.42. The molecule has 1 heterocycles. The van der Waals surface area contributed by atoms with E-state index in [1.807, 2.05) is 13.8 Å². The number of hydrogen-bond acceptors (Lipinski definition) is 7. The van der Waals surface area contributed by atoms with Gasteiger partial charge in [0.25, 0.3) is 5.91 Å². The zero-order valence-corrected chi connectivity index (χ0v) is 21.2. The summed E-state index contributed by atoms with van der Waals surface area (Å²) in [6.07, 6.45) is -0.621. The van der Waals surface area contributed by atoms with E-state index in [-0.39, 0.29) is 37.2 Å². The first-order valence-corrected chi connectivity index (χ1v) is 12.1. The number of fused-ring (bicyclic) bond motifs is 1. The molecule has 8 nitrogen and oxygen atoms in total. The van der Waals surface area contributed by atoms with Crippen LogP contribution in [0, 0.1) is 23.0 Å². The summed E-state index contributed by atoms with van der Waals surface area (Å²) in [4.78, 5) is 13.0. The van der Waals surface area contributed by atoms with Crippen LogP contribution in [0.1, 0.15) is 56.4 Å². The van der Waals surface area contributed by atoms with Gasteiger partial charge in [-0.15, -0.1) is 0 Å². The second kappa shape index (κ2) is 11.0. The van der Waals surface area contributed by atoms with Crippen molar-refractivity contribution < 1.29 is 37.3 Å². The summed E-state index contributed by atoms with van der Waals surface area (Å²) < 4.78 is 57.7. The summed E-state index contributed by atoms with van der Waals surface area (Å²) in [7, 11) is 1.29. The molecule has 2 aliphatic rings. The van der Waals surface area contributed by atoms with E-state index in [0.717, 1.165) is 12.1 Å². The molecule has 0 aromatic heterocycles. The average molecular weight is 517 g/mol. The van der Waals surface area contributed by atoms with Crippen molar-refractivity contribution in [3.05, 3.63) is 58.7 Å². The summed E-state index contributed by atoms with van der Waals surface area (Å²) in [5.41, 5.74) is 0.487. The van der Waals surface area contributed by atoms with Crippen molar-refractivity contribution in [3.63, 3.8) is 0 Å². The van der Waals surface area contributed by atoms with Crippen LogP contribution in [0.15, 0.2) is 30.3 Å². The van der Waals surface area contributed by atoms with E-state index in [9.17, 15) is 18.8 Å². The minimum Gasteiger partial charge on any atom is -0.497 e. The molecule has 4 rings (SSSR count). The van der Waals surface area contributed by atoms with Crippen LogP contribution < -0.4 is 14.8 Å². The Kier molecular flexibility index (Phi) is 7.97. The molecule has 37 heavy (non-hydrogen) atoms. The fourth-order valence-corrected chi connectivity index (χ4v) is 4.74. The van der Waals surface area contributed by atoms with Crippen LogP contribution in [0.2, 0.25) is 0 Å². The van der Waals surface area contributed by atoms with Gasteiger partial charge in [0.15, 0.2) is 11.9 Å². The fraction of sp³-hybridized carbons (Fsp3) is 0.481. The first kappa shape index (κ1) is 26.8. The van der Waals surface area contributed by atoms with Crippen LogP contribution in [0.3, 0.4) is 0 Å². The average Bonchev–Trinajstić information content (AvgIpc) is 3.34. The predicted molar refractivity (Wildman–Crippen MR) is 128 cm³/mol. The SMILES string of the molecule is CCOC(C(=O)NCc1ccc(C#N)cc1OC1C[C@@H]2OC(C)(C)O[C@@H]2C1)c1c(F)cc(OC)cc1F. The zero-order chi connectivity index (χ0) is 26.7. The lowest BCUT2D eigenvalue weighted by Gasteiger charge is -2.22. The lowest BCUT2D eigenvalue weighted by Crippen LogP contribution is -2.32. The standard InChI is InChI=1S/C27H30F2N2O6/c1-5-34-25(24-19(28)9-17(33-4)10-20(24)29)26(32)31-14-16-7-6-15(13-30)8-21(16)35-18-11-22-23(12-18)37-27(2,3)36-22/h6-10,18,22-23,25H,5,11-12,14H2,1-4H3,(H,31,32)/t18?,22-,23+,25?. The molecule has 1 aliphatic heterocycles. The lowest BCUT2D eigenvalue weighted by molar-refractivity contribution is -0.155.